The van der Waals surface area contributed by atoms with Gasteiger partial charge in [-0.2, -0.15) is 4.31 Å². The number of carbonyl (C=O) groups excluding carboxylic acids is 1. The predicted molar refractivity (Wildman–Crippen MR) is 110 cm³/mol. The Labute approximate surface area is 171 Å². The number of benzene rings is 2. The molecule has 0 fully saturated rings. The van der Waals surface area contributed by atoms with Crippen LogP contribution < -0.4 is 4.72 Å². The molecular formula is C19H24N2O6S2. The molecule has 0 aliphatic carbocycles. The first-order valence-corrected chi connectivity index (χ1v) is 11.8. The summed E-state index contributed by atoms with van der Waals surface area (Å²) in [5.41, 5.74) is 0.948. The lowest BCUT2D eigenvalue weighted by atomic mass is 10.2. The number of carbonyl (C=O) groups is 1. The van der Waals surface area contributed by atoms with Crippen molar-refractivity contribution >= 4 is 31.7 Å². The summed E-state index contributed by atoms with van der Waals surface area (Å²) in [6, 6.07) is 9.55. The maximum Gasteiger partial charge on any atom is 0.337 e. The molecule has 1 N–H and O–H groups in total. The van der Waals surface area contributed by atoms with Gasteiger partial charge in [-0.1, -0.05) is 19.9 Å². The van der Waals surface area contributed by atoms with Crippen molar-refractivity contribution in [2.75, 3.05) is 24.9 Å². The number of esters is 1. The molecule has 0 radical (unpaired) electrons. The third kappa shape index (κ3) is 4.95. The van der Waals surface area contributed by atoms with Crippen molar-refractivity contribution < 1.29 is 26.4 Å². The zero-order valence-electron chi connectivity index (χ0n) is 16.7. The minimum Gasteiger partial charge on any atom is -0.465 e. The number of nitrogens with one attached hydrogen (secondary N) is 1. The van der Waals surface area contributed by atoms with Gasteiger partial charge in [0, 0.05) is 13.1 Å². The summed E-state index contributed by atoms with van der Waals surface area (Å²) >= 11 is 0. The minimum absolute atomic E-state index is 0.00513. The number of hydrogen-bond donors (Lipinski definition) is 1. The van der Waals surface area contributed by atoms with Crippen molar-refractivity contribution in [1.82, 2.24) is 4.31 Å². The van der Waals surface area contributed by atoms with Gasteiger partial charge in [-0.05, 0) is 48.9 Å². The van der Waals surface area contributed by atoms with Crippen LogP contribution in [-0.2, 0) is 24.8 Å². The van der Waals surface area contributed by atoms with Crippen LogP contribution in [0.15, 0.2) is 52.3 Å². The van der Waals surface area contributed by atoms with Gasteiger partial charge in [0.25, 0.3) is 10.0 Å². The van der Waals surface area contributed by atoms with Crippen LogP contribution in [0.5, 0.6) is 0 Å². The fourth-order valence-electron chi connectivity index (χ4n) is 2.68. The van der Waals surface area contributed by atoms with E-state index in [2.05, 4.69) is 9.46 Å². The Hall–Kier alpha value is -2.43. The molecule has 0 spiro atoms. The predicted octanol–water partition coefficient (Wildman–Crippen LogP) is 2.61. The zero-order chi connectivity index (χ0) is 21.8. The van der Waals surface area contributed by atoms with Gasteiger partial charge in [-0.3, -0.25) is 4.72 Å². The SMILES string of the molecule is CCN(CC)S(=O)(=O)c1ccc(C)c(NS(=O)(=O)c2ccc(C(=O)OC)cc2)c1. The van der Waals surface area contributed by atoms with Crippen LogP contribution in [0.25, 0.3) is 0 Å². The molecule has 2 aromatic rings. The van der Waals surface area contributed by atoms with Gasteiger partial charge in [-0.15, -0.1) is 0 Å². The van der Waals surface area contributed by atoms with Gasteiger partial charge in [-0.25, -0.2) is 21.6 Å². The summed E-state index contributed by atoms with van der Waals surface area (Å²) < 4.78 is 59.2. The van der Waals surface area contributed by atoms with Crippen LogP contribution in [0.3, 0.4) is 0 Å². The molecule has 29 heavy (non-hydrogen) atoms. The number of anilines is 1. The zero-order valence-corrected chi connectivity index (χ0v) is 18.3. The van der Waals surface area contributed by atoms with Crippen LogP contribution in [-0.4, -0.2) is 47.3 Å². The lowest BCUT2D eigenvalue weighted by Gasteiger charge is -2.19. The molecule has 0 saturated heterocycles. The smallest absolute Gasteiger partial charge is 0.337 e. The summed E-state index contributed by atoms with van der Waals surface area (Å²) in [7, 11) is -6.49. The number of sulfonamides is 2. The van der Waals surface area contributed by atoms with E-state index in [-0.39, 0.29) is 21.0 Å². The summed E-state index contributed by atoms with van der Waals surface area (Å²) in [6.07, 6.45) is 0. The van der Waals surface area contributed by atoms with Crippen LogP contribution in [0, 0.1) is 6.92 Å². The lowest BCUT2D eigenvalue weighted by Crippen LogP contribution is -2.30. The number of methoxy groups -OCH3 is 1. The second-order valence-electron chi connectivity index (χ2n) is 6.19. The first-order valence-electron chi connectivity index (χ1n) is 8.88. The fraction of sp³-hybridized carbons (Fsp3) is 0.316. The maximum atomic E-state index is 12.7. The summed E-state index contributed by atoms with van der Waals surface area (Å²) in [5.74, 6) is -0.577. The molecule has 10 heteroatoms. The molecule has 0 aromatic heterocycles. The first-order chi connectivity index (χ1) is 13.6. The van der Waals surface area contributed by atoms with E-state index in [0.717, 1.165) is 0 Å². The fourth-order valence-corrected chi connectivity index (χ4v) is 5.28. The Morgan fingerprint density at radius 3 is 2.03 bits per heavy atom. The molecule has 0 bridgehead atoms. The molecule has 2 rings (SSSR count). The summed E-state index contributed by atoms with van der Waals surface area (Å²) in [5, 5.41) is 0. The Balaban J connectivity index is 2.39. The van der Waals surface area contributed by atoms with E-state index in [1.807, 2.05) is 0 Å². The Morgan fingerprint density at radius 2 is 1.52 bits per heavy atom. The quantitative estimate of drug-likeness (QED) is 0.632. The highest BCUT2D eigenvalue weighted by atomic mass is 32.2. The van der Waals surface area contributed by atoms with Crippen molar-refractivity contribution in [3.05, 3.63) is 53.6 Å². The van der Waals surface area contributed by atoms with Crippen LogP contribution in [0.1, 0.15) is 29.8 Å². The second-order valence-corrected chi connectivity index (χ2v) is 9.81. The van der Waals surface area contributed by atoms with E-state index in [4.69, 9.17) is 0 Å². The maximum absolute atomic E-state index is 12.7. The molecule has 158 valence electrons. The van der Waals surface area contributed by atoms with E-state index in [9.17, 15) is 21.6 Å². The average molecular weight is 441 g/mol. The molecule has 2 aromatic carbocycles. The Kier molecular flexibility index (Phi) is 7.04. The largest absolute Gasteiger partial charge is 0.465 e. The molecule has 0 heterocycles. The van der Waals surface area contributed by atoms with E-state index < -0.39 is 26.0 Å². The molecule has 0 amide bonds. The van der Waals surface area contributed by atoms with Gasteiger partial charge in [0.05, 0.1) is 28.2 Å². The van der Waals surface area contributed by atoms with Crippen molar-refractivity contribution in [1.29, 1.82) is 0 Å². The lowest BCUT2D eigenvalue weighted by molar-refractivity contribution is 0.0600. The summed E-state index contributed by atoms with van der Waals surface area (Å²) in [4.78, 5) is 11.4. The van der Waals surface area contributed by atoms with Gasteiger partial charge in [0.2, 0.25) is 10.0 Å². The number of hydrogen-bond acceptors (Lipinski definition) is 6. The highest BCUT2D eigenvalue weighted by Crippen LogP contribution is 2.25. The monoisotopic (exact) mass is 440 g/mol. The van der Waals surface area contributed by atoms with Gasteiger partial charge in [0.15, 0.2) is 0 Å². The van der Waals surface area contributed by atoms with Crippen LogP contribution >= 0.6 is 0 Å². The molecule has 0 aliphatic heterocycles. The molecular weight excluding hydrogens is 416 g/mol. The molecule has 0 saturated carbocycles. The van der Waals surface area contributed by atoms with Crippen molar-refractivity contribution in [2.24, 2.45) is 0 Å². The molecule has 0 atom stereocenters. The van der Waals surface area contributed by atoms with Crippen LogP contribution in [0.2, 0.25) is 0 Å². The van der Waals surface area contributed by atoms with E-state index in [1.165, 1.54) is 47.8 Å². The van der Waals surface area contributed by atoms with Gasteiger partial charge in [0.1, 0.15) is 0 Å². The van der Waals surface area contributed by atoms with E-state index in [1.54, 1.807) is 26.8 Å². The van der Waals surface area contributed by atoms with Gasteiger partial charge < -0.3 is 4.74 Å². The molecule has 0 unspecified atom stereocenters. The van der Waals surface area contributed by atoms with Crippen molar-refractivity contribution in [3.8, 4) is 0 Å². The number of rotatable bonds is 8. The Morgan fingerprint density at radius 1 is 0.966 bits per heavy atom. The Bertz CT molecular complexity index is 1090. The number of ether oxygens (including phenoxy) is 1. The molecule has 8 nitrogen and oxygen atoms in total. The first kappa shape index (κ1) is 22.9. The minimum atomic E-state index is -3.99. The summed E-state index contributed by atoms with van der Waals surface area (Å²) in [6.45, 7) is 5.75. The van der Waals surface area contributed by atoms with Crippen LogP contribution in [0.4, 0.5) is 5.69 Å². The highest BCUT2D eigenvalue weighted by Gasteiger charge is 2.23. The van der Waals surface area contributed by atoms with Crippen molar-refractivity contribution in [2.45, 2.75) is 30.6 Å². The van der Waals surface area contributed by atoms with Crippen molar-refractivity contribution in [3.63, 3.8) is 0 Å². The molecule has 0 aliphatic rings. The normalized spacial score (nSPS) is 12.0. The number of nitrogens with zero attached hydrogens (tertiary/aromatic N) is 1. The third-order valence-electron chi connectivity index (χ3n) is 4.38. The van der Waals surface area contributed by atoms with Gasteiger partial charge >= 0.3 is 5.97 Å². The highest BCUT2D eigenvalue weighted by molar-refractivity contribution is 7.92. The van der Waals surface area contributed by atoms with E-state index in [0.29, 0.717) is 18.7 Å². The topological polar surface area (TPSA) is 110 Å². The van der Waals surface area contributed by atoms with E-state index >= 15 is 0 Å². The second kappa shape index (κ2) is 8.93. The average Bonchev–Trinajstić information content (AvgIpc) is 2.69. The third-order valence-corrected chi connectivity index (χ3v) is 7.81. The number of aryl methyl sites for hydroxylation is 1. The standard InChI is InChI=1S/C19H24N2O6S2/c1-5-21(6-2)29(25,26)17-10-7-14(3)18(13-17)20-28(23,24)16-11-8-15(9-12-16)19(22)27-4/h7-13,20H,5-6H2,1-4H3.